The van der Waals surface area contributed by atoms with Crippen LogP contribution >= 0.6 is 0 Å². The van der Waals surface area contributed by atoms with Crippen molar-refractivity contribution in [2.45, 2.75) is 37.8 Å². The van der Waals surface area contributed by atoms with E-state index >= 15 is 0 Å². The Kier molecular flexibility index (Phi) is 4.96. The predicted molar refractivity (Wildman–Crippen MR) is 78.6 cm³/mol. The standard InChI is InChI=1S/C12H20N4O3S/c1-7(2)15-12(17)8(3)16-11-6-9(20(14,18)19)4-5-10(11)13/h4-8,16H,13H2,1-3H3,(H,15,17)(H2,14,18,19). The molecule has 0 heterocycles. The van der Waals surface area contributed by atoms with Crippen molar-refractivity contribution in [3.05, 3.63) is 18.2 Å². The van der Waals surface area contributed by atoms with Crippen LogP contribution in [0.3, 0.4) is 0 Å². The number of anilines is 2. The van der Waals surface area contributed by atoms with E-state index in [1.54, 1.807) is 6.92 Å². The summed E-state index contributed by atoms with van der Waals surface area (Å²) in [5, 5.41) is 10.7. The second-order valence-corrected chi connectivity index (χ2v) is 6.38. The monoisotopic (exact) mass is 300 g/mol. The maximum Gasteiger partial charge on any atom is 0.242 e. The summed E-state index contributed by atoms with van der Waals surface area (Å²) < 4.78 is 22.6. The van der Waals surface area contributed by atoms with Crippen LogP contribution in [0.2, 0.25) is 0 Å². The third kappa shape index (κ3) is 4.39. The van der Waals surface area contributed by atoms with Gasteiger partial charge < -0.3 is 16.4 Å². The predicted octanol–water partition coefficient (Wildman–Crippen LogP) is 0.241. The van der Waals surface area contributed by atoms with Crippen LogP contribution in [0, 0.1) is 0 Å². The lowest BCUT2D eigenvalue weighted by atomic mass is 10.2. The fourth-order valence-electron chi connectivity index (χ4n) is 1.55. The Morgan fingerprint density at radius 2 is 1.85 bits per heavy atom. The zero-order chi connectivity index (χ0) is 15.5. The molecule has 0 aliphatic carbocycles. The van der Waals surface area contributed by atoms with E-state index in [0.29, 0.717) is 11.4 Å². The van der Waals surface area contributed by atoms with E-state index < -0.39 is 16.1 Å². The van der Waals surface area contributed by atoms with Crippen molar-refractivity contribution in [1.82, 2.24) is 5.32 Å². The quantitative estimate of drug-likeness (QED) is 0.579. The number of amides is 1. The normalized spacial score (nSPS) is 13.1. The average molecular weight is 300 g/mol. The number of rotatable bonds is 5. The number of nitrogens with one attached hydrogen (secondary N) is 2. The topological polar surface area (TPSA) is 127 Å². The summed E-state index contributed by atoms with van der Waals surface area (Å²) >= 11 is 0. The van der Waals surface area contributed by atoms with Gasteiger partial charge in [-0.05, 0) is 39.0 Å². The third-order valence-electron chi connectivity index (χ3n) is 2.55. The molecule has 0 spiro atoms. The summed E-state index contributed by atoms with van der Waals surface area (Å²) in [7, 11) is -3.81. The number of carbonyl (C=O) groups is 1. The van der Waals surface area contributed by atoms with Crippen LogP contribution < -0.4 is 21.5 Å². The van der Waals surface area contributed by atoms with Gasteiger partial charge in [-0.2, -0.15) is 0 Å². The fourth-order valence-corrected chi connectivity index (χ4v) is 2.09. The zero-order valence-electron chi connectivity index (χ0n) is 11.7. The molecule has 0 saturated carbocycles. The number of nitrogen functional groups attached to an aromatic ring is 1. The molecule has 1 unspecified atom stereocenters. The second-order valence-electron chi connectivity index (χ2n) is 4.82. The minimum atomic E-state index is -3.81. The molecule has 0 aromatic heterocycles. The van der Waals surface area contributed by atoms with Gasteiger partial charge in [0.25, 0.3) is 0 Å². The molecule has 0 fully saturated rings. The molecular weight excluding hydrogens is 280 g/mol. The van der Waals surface area contributed by atoms with Crippen LogP contribution in [0.5, 0.6) is 0 Å². The summed E-state index contributed by atoms with van der Waals surface area (Å²) in [5.74, 6) is -0.208. The summed E-state index contributed by atoms with van der Waals surface area (Å²) in [5.41, 5.74) is 6.44. The van der Waals surface area contributed by atoms with Crippen LogP contribution in [0.4, 0.5) is 11.4 Å². The highest BCUT2D eigenvalue weighted by Gasteiger charge is 2.16. The van der Waals surface area contributed by atoms with E-state index in [9.17, 15) is 13.2 Å². The lowest BCUT2D eigenvalue weighted by molar-refractivity contribution is -0.122. The van der Waals surface area contributed by atoms with Crippen LogP contribution in [-0.4, -0.2) is 26.4 Å². The lowest BCUT2D eigenvalue weighted by Gasteiger charge is -2.18. The van der Waals surface area contributed by atoms with Gasteiger partial charge in [0.05, 0.1) is 16.3 Å². The lowest BCUT2D eigenvalue weighted by Crippen LogP contribution is -2.41. The molecular formula is C12H20N4O3S. The molecule has 8 heteroatoms. The van der Waals surface area contributed by atoms with E-state index in [1.165, 1.54) is 18.2 Å². The Balaban J connectivity index is 2.95. The first kappa shape index (κ1) is 16.3. The Labute approximate surface area is 118 Å². The van der Waals surface area contributed by atoms with Crippen molar-refractivity contribution in [3.63, 3.8) is 0 Å². The minimum absolute atomic E-state index is 0.0138. The number of primary sulfonamides is 1. The Hall–Kier alpha value is -1.80. The number of carbonyl (C=O) groups excluding carboxylic acids is 1. The van der Waals surface area contributed by atoms with Crippen LogP contribution in [-0.2, 0) is 14.8 Å². The van der Waals surface area contributed by atoms with E-state index in [1.807, 2.05) is 13.8 Å². The summed E-state index contributed by atoms with van der Waals surface area (Å²) in [6, 6.07) is 3.50. The molecule has 1 aromatic carbocycles. The minimum Gasteiger partial charge on any atom is -0.397 e. The molecule has 0 bridgehead atoms. The van der Waals surface area contributed by atoms with E-state index in [-0.39, 0.29) is 16.8 Å². The van der Waals surface area contributed by atoms with Crippen LogP contribution in [0.25, 0.3) is 0 Å². The molecule has 0 saturated heterocycles. The van der Waals surface area contributed by atoms with E-state index in [2.05, 4.69) is 10.6 Å². The van der Waals surface area contributed by atoms with Crippen LogP contribution in [0.15, 0.2) is 23.1 Å². The smallest absolute Gasteiger partial charge is 0.242 e. The van der Waals surface area contributed by atoms with Gasteiger partial charge in [0.1, 0.15) is 6.04 Å². The zero-order valence-corrected chi connectivity index (χ0v) is 12.5. The molecule has 1 aromatic rings. The van der Waals surface area contributed by atoms with Gasteiger partial charge in [-0.1, -0.05) is 0 Å². The summed E-state index contributed by atoms with van der Waals surface area (Å²) in [6.07, 6.45) is 0. The van der Waals surface area contributed by atoms with Gasteiger partial charge in [0, 0.05) is 6.04 Å². The third-order valence-corrected chi connectivity index (χ3v) is 3.46. The molecule has 112 valence electrons. The molecule has 1 amide bonds. The Morgan fingerprint density at radius 1 is 1.25 bits per heavy atom. The number of nitrogens with two attached hydrogens (primary N) is 2. The molecule has 7 nitrogen and oxygen atoms in total. The Morgan fingerprint density at radius 3 is 2.35 bits per heavy atom. The molecule has 0 aliphatic heterocycles. The van der Waals surface area contributed by atoms with Gasteiger partial charge >= 0.3 is 0 Å². The van der Waals surface area contributed by atoms with E-state index in [4.69, 9.17) is 10.9 Å². The van der Waals surface area contributed by atoms with Crippen molar-refractivity contribution in [2.24, 2.45) is 5.14 Å². The fraction of sp³-hybridized carbons (Fsp3) is 0.417. The van der Waals surface area contributed by atoms with Crippen molar-refractivity contribution in [3.8, 4) is 0 Å². The molecule has 1 rings (SSSR count). The Bertz CT molecular complexity index is 599. The van der Waals surface area contributed by atoms with Gasteiger partial charge in [0.15, 0.2) is 0 Å². The van der Waals surface area contributed by atoms with Gasteiger partial charge in [-0.25, -0.2) is 13.6 Å². The summed E-state index contributed by atoms with van der Waals surface area (Å²) in [6.45, 7) is 5.35. The van der Waals surface area contributed by atoms with Crippen molar-refractivity contribution in [2.75, 3.05) is 11.1 Å². The van der Waals surface area contributed by atoms with Gasteiger partial charge in [0.2, 0.25) is 15.9 Å². The summed E-state index contributed by atoms with van der Waals surface area (Å²) in [4.78, 5) is 11.7. The van der Waals surface area contributed by atoms with Crippen molar-refractivity contribution >= 4 is 27.3 Å². The first-order chi connectivity index (χ1) is 9.11. The highest BCUT2D eigenvalue weighted by atomic mass is 32.2. The number of hydrogen-bond acceptors (Lipinski definition) is 5. The highest BCUT2D eigenvalue weighted by molar-refractivity contribution is 7.89. The SMILES string of the molecule is CC(C)NC(=O)C(C)Nc1cc(S(N)(=O)=O)ccc1N. The van der Waals surface area contributed by atoms with Crippen molar-refractivity contribution in [1.29, 1.82) is 0 Å². The largest absolute Gasteiger partial charge is 0.397 e. The van der Waals surface area contributed by atoms with Gasteiger partial charge in [-0.3, -0.25) is 4.79 Å². The maximum absolute atomic E-state index is 11.8. The molecule has 1 atom stereocenters. The molecule has 0 radical (unpaired) electrons. The second kappa shape index (κ2) is 6.10. The van der Waals surface area contributed by atoms with Gasteiger partial charge in [-0.15, -0.1) is 0 Å². The first-order valence-electron chi connectivity index (χ1n) is 6.10. The molecule has 20 heavy (non-hydrogen) atoms. The highest BCUT2D eigenvalue weighted by Crippen LogP contribution is 2.22. The molecule has 0 aliphatic rings. The first-order valence-corrected chi connectivity index (χ1v) is 7.65. The maximum atomic E-state index is 11.8. The van der Waals surface area contributed by atoms with E-state index in [0.717, 1.165) is 0 Å². The molecule has 6 N–H and O–H groups in total. The van der Waals surface area contributed by atoms with Crippen molar-refractivity contribution < 1.29 is 13.2 Å². The average Bonchev–Trinajstić information content (AvgIpc) is 2.29. The number of benzene rings is 1. The number of hydrogen-bond donors (Lipinski definition) is 4. The van der Waals surface area contributed by atoms with Crippen LogP contribution in [0.1, 0.15) is 20.8 Å². The number of sulfonamides is 1.